The van der Waals surface area contributed by atoms with Crippen LogP contribution < -0.4 is 15.8 Å². The Morgan fingerprint density at radius 3 is 2.47 bits per heavy atom. The minimum atomic E-state index is -3.53. The number of β-lactam (4-membered cyclic amide) rings is 1. The van der Waals surface area contributed by atoms with Gasteiger partial charge in [-0.3, -0.25) is 14.4 Å². The number of carbonyl (C=O) groups excluding carboxylic acids is 3. The Hall–Kier alpha value is -2.20. The van der Waals surface area contributed by atoms with Gasteiger partial charge in [-0.2, -0.15) is 0 Å². The van der Waals surface area contributed by atoms with Crippen LogP contribution in [0.1, 0.15) is 20.3 Å². The third-order valence-corrected chi connectivity index (χ3v) is 10.4. The number of rotatable bonds is 9. The van der Waals surface area contributed by atoms with Crippen molar-refractivity contribution in [1.29, 1.82) is 0 Å². The molecule has 2 unspecified atom stereocenters. The van der Waals surface area contributed by atoms with Crippen molar-refractivity contribution in [2.24, 2.45) is 17.6 Å². The van der Waals surface area contributed by atoms with E-state index in [1.54, 1.807) is 11.8 Å². The number of carboxylic acids is 1. The Labute approximate surface area is 226 Å². The zero-order chi connectivity index (χ0) is 28.2. The molecule has 0 spiro atoms. The van der Waals surface area contributed by atoms with E-state index in [9.17, 15) is 32.7 Å². The fourth-order valence-electron chi connectivity index (χ4n) is 6.19. The lowest BCUT2D eigenvalue weighted by Crippen LogP contribution is -2.66. The van der Waals surface area contributed by atoms with E-state index in [4.69, 9.17) is 5.73 Å². The van der Waals surface area contributed by atoms with E-state index >= 15 is 0 Å². The van der Waals surface area contributed by atoms with Crippen LogP contribution in [0.4, 0.5) is 0 Å². The zero-order valence-electron chi connectivity index (χ0n) is 22.0. The number of likely N-dealkylation sites (N-methyl/N-ethyl adjacent to an activating group) is 1. The minimum Gasteiger partial charge on any atom is -0.477 e. The number of sulfonamides is 1. The molecule has 0 bridgehead atoms. The number of primary amides is 1. The Kier molecular flexibility index (Phi) is 7.89. The molecule has 6 atom stereocenters. The summed E-state index contributed by atoms with van der Waals surface area (Å²) in [6, 6.07) is -1.49. The first-order valence-electron chi connectivity index (χ1n) is 12.7. The van der Waals surface area contributed by atoms with Crippen molar-refractivity contribution in [1.82, 2.24) is 19.8 Å². The molecule has 4 aliphatic heterocycles. The van der Waals surface area contributed by atoms with Crippen LogP contribution in [0.15, 0.2) is 10.6 Å². The molecule has 0 saturated carbocycles. The van der Waals surface area contributed by atoms with E-state index in [1.165, 1.54) is 16.7 Å². The average Bonchev–Trinajstić information content (AvgIpc) is 3.34. The molecule has 38 heavy (non-hydrogen) atoms. The number of hydrogen-bond donors (Lipinski definition) is 4. The topological polar surface area (TPSA) is 179 Å². The van der Waals surface area contributed by atoms with Crippen molar-refractivity contribution in [2.75, 3.05) is 52.6 Å². The molecule has 4 aliphatic rings. The Balaban J connectivity index is 1.39. The molecule has 3 saturated heterocycles. The van der Waals surface area contributed by atoms with E-state index in [-0.39, 0.29) is 35.2 Å². The van der Waals surface area contributed by atoms with E-state index in [2.05, 4.69) is 10.0 Å². The third-order valence-electron chi connectivity index (χ3n) is 8.08. The lowest BCUT2D eigenvalue weighted by molar-refractivity contribution is -0.905. The van der Waals surface area contributed by atoms with Gasteiger partial charge >= 0.3 is 5.97 Å². The van der Waals surface area contributed by atoms with Crippen molar-refractivity contribution in [2.45, 2.75) is 43.6 Å². The van der Waals surface area contributed by atoms with Crippen LogP contribution in [0.3, 0.4) is 0 Å². The largest absolute Gasteiger partial charge is 0.477 e. The second kappa shape index (κ2) is 10.4. The minimum absolute atomic E-state index is 0.00920. The van der Waals surface area contributed by atoms with Crippen LogP contribution in [0.2, 0.25) is 0 Å². The first kappa shape index (κ1) is 28.8. The number of piperazine rings is 1. The first-order valence-corrected chi connectivity index (χ1v) is 15.5. The van der Waals surface area contributed by atoms with Crippen molar-refractivity contribution in [3.63, 3.8) is 0 Å². The lowest BCUT2D eigenvalue weighted by Gasteiger charge is -2.47. The highest BCUT2D eigenvalue weighted by atomic mass is 32.2. The number of carboxylic acid groups (broad SMARTS) is 1. The second-order valence-corrected chi connectivity index (χ2v) is 14.3. The maximum Gasteiger partial charge on any atom is 0.353 e. The molecule has 4 rings (SSSR count). The van der Waals surface area contributed by atoms with Gasteiger partial charge in [-0.25, -0.2) is 17.9 Å². The van der Waals surface area contributed by atoms with Crippen LogP contribution in [-0.4, -0.2) is 127 Å². The van der Waals surface area contributed by atoms with Gasteiger partial charge in [0, 0.05) is 28.7 Å². The molecular formula is C23H37N6O7S2+. The van der Waals surface area contributed by atoms with Gasteiger partial charge in [0.05, 0.1) is 57.5 Å². The predicted molar refractivity (Wildman–Crippen MR) is 140 cm³/mol. The molecule has 0 radical (unpaired) electrons. The maximum absolute atomic E-state index is 13.2. The second-order valence-electron chi connectivity index (χ2n) is 11.2. The third kappa shape index (κ3) is 5.57. The standard InChI is InChI=1S/C23H36N6O7S2/c1-12-18-17(13(2)26-38(4,35)36)22(32)28(18)19(23(33)34)20(12)37-14-9-15(25-10-14)21(31)27-5-7-29(3,8-6-27)11-16(24)30/h12-15,17-18,25-26H,5-11H2,1-4H3,(H2-,24,30,33,34)/p+1/t12-,13?,14+,15?,17-,18+/m1/s1. The van der Waals surface area contributed by atoms with Crippen molar-refractivity contribution >= 4 is 45.5 Å². The highest BCUT2D eigenvalue weighted by Gasteiger charge is 2.60. The first-order chi connectivity index (χ1) is 17.6. The highest BCUT2D eigenvalue weighted by Crippen LogP contribution is 2.51. The molecule has 4 heterocycles. The van der Waals surface area contributed by atoms with Gasteiger partial charge in [0.25, 0.3) is 5.91 Å². The summed E-state index contributed by atoms with van der Waals surface area (Å²) < 4.78 is 26.4. The van der Waals surface area contributed by atoms with E-state index in [0.29, 0.717) is 48.5 Å². The van der Waals surface area contributed by atoms with Crippen LogP contribution >= 0.6 is 11.8 Å². The summed E-state index contributed by atoms with van der Waals surface area (Å²) in [5, 5.41) is 13.2. The van der Waals surface area contributed by atoms with E-state index in [1.807, 2.05) is 14.0 Å². The molecule has 0 aliphatic carbocycles. The number of quaternary nitrogens is 1. The molecule has 0 aromatic heterocycles. The lowest BCUT2D eigenvalue weighted by atomic mass is 9.78. The monoisotopic (exact) mass is 573 g/mol. The highest BCUT2D eigenvalue weighted by molar-refractivity contribution is 8.03. The Bertz CT molecular complexity index is 1170. The molecule has 5 N–H and O–H groups in total. The molecule has 212 valence electrons. The number of amides is 3. The van der Waals surface area contributed by atoms with Crippen LogP contribution in [0, 0.1) is 11.8 Å². The smallest absolute Gasteiger partial charge is 0.353 e. The maximum atomic E-state index is 13.2. The number of nitrogens with one attached hydrogen (secondary N) is 2. The number of aliphatic carboxylic acids is 1. The average molecular weight is 574 g/mol. The number of fused-ring (bicyclic) bond motifs is 1. The summed E-state index contributed by atoms with van der Waals surface area (Å²) in [6.45, 7) is 6.59. The van der Waals surface area contributed by atoms with E-state index in [0.717, 1.165) is 6.26 Å². The number of carbonyl (C=O) groups is 4. The van der Waals surface area contributed by atoms with Crippen LogP contribution in [-0.2, 0) is 29.2 Å². The number of nitrogens with two attached hydrogens (primary N) is 1. The normalized spacial score (nSPS) is 31.7. The van der Waals surface area contributed by atoms with Gasteiger partial charge in [0.15, 0.2) is 6.54 Å². The summed E-state index contributed by atoms with van der Waals surface area (Å²) in [7, 11) is -1.58. The molecule has 13 nitrogen and oxygen atoms in total. The molecule has 3 fully saturated rings. The van der Waals surface area contributed by atoms with Crippen molar-refractivity contribution < 1.29 is 37.2 Å². The quantitative estimate of drug-likeness (QED) is 0.178. The number of nitrogens with zero attached hydrogens (tertiary/aromatic N) is 3. The van der Waals surface area contributed by atoms with Gasteiger partial charge in [-0.15, -0.1) is 11.8 Å². The Morgan fingerprint density at radius 2 is 1.92 bits per heavy atom. The fraction of sp³-hybridized carbons (Fsp3) is 0.739. The predicted octanol–water partition coefficient (Wildman–Crippen LogP) is -2.07. The number of hydrogen-bond acceptors (Lipinski definition) is 8. The van der Waals surface area contributed by atoms with Gasteiger partial charge in [0.1, 0.15) is 5.70 Å². The van der Waals surface area contributed by atoms with E-state index < -0.39 is 45.9 Å². The SMILES string of the molecule is CC(NS(C)(=O)=O)[C@H]1C(=O)N2C(C(=O)O)=C(S[C@@H]3CNC(C(=O)N4CC[N+](C)(CC(N)=O)CC4)C3)[C@H](C)[C@@H]12. The summed E-state index contributed by atoms with van der Waals surface area (Å²) in [4.78, 5) is 53.3. The fourth-order valence-corrected chi connectivity index (χ4v) is 8.49. The van der Waals surface area contributed by atoms with Crippen LogP contribution in [0.5, 0.6) is 0 Å². The van der Waals surface area contributed by atoms with Gasteiger partial charge in [-0.05, 0) is 13.3 Å². The zero-order valence-corrected chi connectivity index (χ0v) is 23.7. The van der Waals surface area contributed by atoms with Crippen LogP contribution in [0.25, 0.3) is 0 Å². The molecular weight excluding hydrogens is 536 g/mol. The summed E-state index contributed by atoms with van der Waals surface area (Å²) in [5.74, 6) is -2.90. The van der Waals surface area contributed by atoms with Gasteiger partial charge < -0.3 is 30.4 Å². The summed E-state index contributed by atoms with van der Waals surface area (Å²) in [6.07, 6.45) is 1.54. The summed E-state index contributed by atoms with van der Waals surface area (Å²) in [5.41, 5.74) is 5.32. The van der Waals surface area contributed by atoms with Gasteiger partial charge in [-0.1, -0.05) is 6.92 Å². The number of thioether (sulfide) groups is 1. The summed E-state index contributed by atoms with van der Waals surface area (Å²) >= 11 is 1.39. The molecule has 15 heteroatoms. The van der Waals surface area contributed by atoms with Gasteiger partial charge in [0.2, 0.25) is 21.8 Å². The Morgan fingerprint density at radius 1 is 1.29 bits per heavy atom. The molecule has 0 aromatic rings. The molecule has 3 amide bonds. The van der Waals surface area contributed by atoms with Crippen molar-refractivity contribution in [3.8, 4) is 0 Å². The molecule has 0 aromatic carbocycles. The van der Waals surface area contributed by atoms with Crippen molar-refractivity contribution in [3.05, 3.63) is 10.6 Å².